The number of hydrogen-bond donors (Lipinski definition) is 1. The molecule has 8 heteroatoms. The van der Waals surface area contributed by atoms with Gasteiger partial charge in [0.2, 0.25) is 0 Å². The van der Waals surface area contributed by atoms with E-state index >= 15 is 0 Å². The van der Waals surface area contributed by atoms with Gasteiger partial charge in [0, 0.05) is 6.20 Å². The molecule has 1 aliphatic rings. The highest BCUT2D eigenvalue weighted by molar-refractivity contribution is 5.49. The molecule has 1 aliphatic heterocycles. The maximum atomic E-state index is 12.5. The molecule has 1 N–H and O–H groups in total. The van der Waals surface area contributed by atoms with Gasteiger partial charge in [0.25, 0.3) is 5.56 Å². The minimum absolute atomic E-state index is 0.0741. The van der Waals surface area contributed by atoms with Crippen molar-refractivity contribution in [2.45, 2.75) is 30.8 Å². The Morgan fingerprint density at radius 3 is 2.02 bits per heavy atom. The zero-order valence-electron chi connectivity index (χ0n) is 22.3. The third-order valence-corrected chi connectivity index (χ3v) is 7.18. The van der Waals surface area contributed by atoms with Gasteiger partial charge in [-0.25, -0.2) is 4.79 Å². The van der Waals surface area contributed by atoms with E-state index in [9.17, 15) is 9.59 Å². The van der Waals surface area contributed by atoms with Gasteiger partial charge >= 0.3 is 5.69 Å². The van der Waals surface area contributed by atoms with Crippen molar-refractivity contribution < 1.29 is 18.9 Å². The summed E-state index contributed by atoms with van der Waals surface area (Å²) >= 11 is 0. The summed E-state index contributed by atoms with van der Waals surface area (Å²) in [5, 5.41) is 0. The fourth-order valence-corrected chi connectivity index (χ4v) is 5.11. The molecule has 1 saturated heterocycles. The van der Waals surface area contributed by atoms with Crippen molar-refractivity contribution in [1.29, 1.82) is 0 Å². The number of aromatic amines is 1. The predicted molar refractivity (Wildman–Crippen MR) is 151 cm³/mol. The Morgan fingerprint density at radius 2 is 1.48 bits per heavy atom. The summed E-state index contributed by atoms with van der Waals surface area (Å²) < 4.78 is 25.3. The number of nitrogens with one attached hydrogen (secondary N) is 1. The third kappa shape index (κ3) is 5.17. The van der Waals surface area contributed by atoms with Crippen LogP contribution in [0.15, 0.2) is 94.6 Å². The first-order valence-electron chi connectivity index (χ1n) is 12.9. The zero-order valence-corrected chi connectivity index (χ0v) is 22.3. The number of methoxy groups -OCH3 is 2. The lowest BCUT2D eigenvalue weighted by Crippen LogP contribution is -2.36. The van der Waals surface area contributed by atoms with Gasteiger partial charge in [0.1, 0.15) is 28.9 Å². The van der Waals surface area contributed by atoms with Gasteiger partial charge in [-0.2, -0.15) is 0 Å². The van der Waals surface area contributed by atoms with E-state index in [1.807, 2.05) is 78.9 Å². The van der Waals surface area contributed by atoms with Crippen molar-refractivity contribution in [3.63, 3.8) is 0 Å². The number of hydrogen-bond acceptors (Lipinski definition) is 6. The standard InChI is InChI=1S/C32H30N2O6/c1-4-22-20-34(31(36)33-30(22)35)29-19-18-28(40-29)21-39-32(23-8-6-5-7-9-23,24-10-14-26(37-2)15-11-24)25-12-16-27(38-3)17-13-25/h1,5-17,20,28-29H,18-19,21H2,2-3H3,(H,33,35,36). The van der Waals surface area contributed by atoms with Crippen LogP contribution in [0.3, 0.4) is 0 Å². The van der Waals surface area contributed by atoms with E-state index in [0.717, 1.165) is 28.2 Å². The molecule has 40 heavy (non-hydrogen) atoms. The van der Waals surface area contributed by atoms with Crippen LogP contribution in [0.1, 0.15) is 41.3 Å². The van der Waals surface area contributed by atoms with Crippen LogP contribution in [0.4, 0.5) is 0 Å². The molecule has 2 heterocycles. The van der Waals surface area contributed by atoms with Crippen LogP contribution in [0.5, 0.6) is 11.5 Å². The summed E-state index contributed by atoms with van der Waals surface area (Å²) in [7, 11) is 3.26. The molecule has 0 radical (unpaired) electrons. The van der Waals surface area contributed by atoms with Crippen LogP contribution in [-0.4, -0.2) is 36.5 Å². The molecule has 1 aromatic heterocycles. The van der Waals surface area contributed by atoms with E-state index in [-0.39, 0.29) is 18.3 Å². The average molecular weight is 539 g/mol. The number of nitrogens with zero attached hydrogens (tertiary/aromatic N) is 1. The van der Waals surface area contributed by atoms with Crippen molar-refractivity contribution in [3.8, 4) is 23.8 Å². The maximum Gasteiger partial charge on any atom is 0.330 e. The Balaban J connectivity index is 1.51. The van der Waals surface area contributed by atoms with Crippen molar-refractivity contribution in [1.82, 2.24) is 9.55 Å². The summed E-state index contributed by atoms with van der Waals surface area (Å²) in [5.41, 5.74) is 0.705. The second kappa shape index (κ2) is 11.7. The smallest absolute Gasteiger partial charge is 0.330 e. The molecular weight excluding hydrogens is 508 g/mol. The molecule has 204 valence electrons. The van der Waals surface area contributed by atoms with Crippen LogP contribution in [0.2, 0.25) is 0 Å². The van der Waals surface area contributed by atoms with Gasteiger partial charge in [0.15, 0.2) is 0 Å². The quantitative estimate of drug-likeness (QED) is 0.254. The van der Waals surface area contributed by atoms with Crippen LogP contribution < -0.4 is 20.7 Å². The molecule has 3 aromatic carbocycles. The number of terminal acetylenes is 1. The number of ether oxygens (including phenoxy) is 4. The summed E-state index contributed by atoms with van der Waals surface area (Å²) in [6, 6.07) is 25.6. The lowest BCUT2D eigenvalue weighted by Gasteiger charge is -2.37. The Morgan fingerprint density at radius 1 is 0.900 bits per heavy atom. The Hall–Kier alpha value is -4.58. The van der Waals surface area contributed by atoms with Gasteiger partial charge in [-0.05, 0) is 53.8 Å². The Labute approximate surface area is 232 Å². The minimum atomic E-state index is -0.979. The van der Waals surface area contributed by atoms with Crippen molar-refractivity contribution in [2.24, 2.45) is 0 Å². The van der Waals surface area contributed by atoms with Crippen molar-refractivity contribution >= 4 is 0 Å². The number of H-pyrrole nitrogens is 1. The Bertz CT molecular complexity index is 1550. The third-order valence-electron chi connectivity index (χ3n) is 7.18. The number of aromatic nitrogens is 2. The molecule has 5 rings (SSSR count). The zero-order chi connectivity index (χ0) is 28.1. The van der Waals surface area contributed by atoms with Crippen LogP contribution in [0.25, 0.3) is 0 Å². The molecule has 4 aromatic rings. The van der Waals surface area contributed by atoms with Crippen LogP contribution >= 0.6 is 0 Å². The molecule has 0 saturated carbocycles. The van der Waals surface area contributed by atoms with Crippen LogP contribution in [0, 0.1) is 12.3 Å². The number of benzene rings is 3. The van der Waals surface area contributed by atoms with Gasteiger partial charge in [0.05, 0.1) is 26.9 Å². The van der Waals surface area contributed by atoms with E-state index in [0.29, 0.717) is 12.8 Å². The highest BCUT2D eigenvalue weighted by atomic mass is 16.6. The topological polar surface area (TPSA) is 91.8 Å². The molecule has 2 unspecified atom stereocenters. The SMILES string of the molecule is C#Cc1cn(C2CCC(COC(c3ccccc3)(c3ccc(OC)cc3)c3ccc(OC)cc3)O2)c(=O)[nH]c1=O. The van der Waals surface area contributed by atoms with E-state index in [1.54, 1.807) is 14.2 Å². The van der Waals surface area contributed by atoms with Crippen LogP contribution in [-0.2, 0) is 15.1 Å². The van der Waals surface area contributed by atoms with E-state index < -0.39 is 23.1 Å². The first-order valence-corrected chi connectivity index (χ1v) is 12.9. The fraction of sp³-hybridized carbons (Fsp3) is 0.250. The van der Waals surface area contributed by atoms with E-state index in [1.165, 1.54) is 10.8 Å². The fourth-order valence-electron chi connectivity index (χ4n) is 5.11. The predicted octanol–water partition coefficient (Wildman–Crippen LogP) is 4.22. The van der Waals surface area contributed by atoms with Crippen molar-refractivity contribution in [3.05, 3.63) is 128 Å². The van der Waals surface area contributed by atoms with Gasteiger partial charge < -0.3 is 18.9 Å². The minimum Gasteiger partial charge on any atom is -0.497 e. The second-order valence-corrected chi connectivity index (χ2v) is 9.46. The van der Waals surface area contributed by atoms with E-state index in [2.05, 4.69) is 10.9 Å². The lowest BCUT2D eigenvalue weighted by molar-refractivity contribution is -0.0774. The molecule has 0 bridgehead atoms. The van der Waals surface area contributed by atoms with Crippen molar-refractivity contribution in [2.75, 3.05) is 20.8 Å². The molecule has 8 nitrogen and oxygen atoms in total. The average Bonchev–Trinajstić information content (AvgIpc) is 3.47. The number of rotatable bonds is 9. The van der Waals surface area contributed by atoms with E-state index in [4.69, 9.17) is 25.4 Å². The summed E-state index contributed by atoms with van der Waals surface area (Å²) in [6.07, 6.45) is 7.14. The highest BCUT2D eigenvalue weighted by Gasteiger charge is 2.39. The molecular formula is C32H30N2O6. The highest BCUT2D eigenvalue weighted by Crippen LogP contribution is 2.42. The molecule has 0 amide bonds. The summed E-state index contributed by atoms with van der Waals surface area (Å²) in [4.78, 5) is 26.7. The maximum absolute atomic E-state index is 12.5. The molecule has 0 aliphatic carbocycles. The second-order valence-electron chi connectivity index (χ2n) is 9.46. The first kappa shape index (κ1) is 27.0. The molecule has 1 fully saturated rings. The van der Waals surface area contributed by atoms with Gasteiger partial charge in [-0.3, -0.25) is 14.3 Å². The summed E-state index contributed by atoms with van der Waals surface area (Å²) in [5.74, 6) is 3.78. The molecule has 0 spiro atoms. The summed E-state index contributed by atoms with van der Waals surface area (Å²) in [6.45, 7) is 0.240. The molecule has 2 atom stereocenters. The largest absolute Gasteiger partial charge is 0.497 e. The normalized spacial score (nSPS) is 16.8. The monoisotopic (exact) mass is 538 g/mol. The lowest BCUT2D eigenvalue weighted by atomic mass is 9.80. The Kier molecular flexibility index (Phi) is 7.87. The first-order chi connectivity index (χ1) is 19.5. The van der Waals surface area contributed by atoms with Gasteiger partial charge in [-0.1, -0.05) is 60.5 Å². The van der Waals surface area contributed by atoms with Gasteiger partial charge in [-0.15, -0.1) is 6.42 Å².